The van der Waals surface area contributed by atoms with Gasteiger partial charge in [0.15, 0.2) is 0 Å². The molecule has 0 fully saturated rings. The Morgan fingerprint density at radius 1 is 0.652 bits per heavy atom. The van der Waals surface area contributed by atoms with Gasteiger partial charge in [-0.25, -0.2) is 0 Å². The summed E-state index contributed by atoms with van der Waals surface area (Å²) in [5.41, 5.74) is 0. The SMILES string of the molecule is CC[PH+](CC)C(C)(C)C.CC[PH+](CC)C(C)(C)C.O=S(=O)([O-])[O-]. The van der Waals surface area contributed by atoms with Crippen LogP contribution in [-0.2, 0) is 10.4 Å². The molecule has 0 unspecified atom stereocenters. The first-order chi connectivity index (χ1) is 10.0. The summed E-state index contributed by atoms with van der Waals surface area (Å²) in [5, 5.41) is 1.24. The van der Waals surface area contributed by atoms with Gasteiger partial charge in [-0.05, 0) is 69.2 Å². The second-order valence-corrected chi connectivity index (χ2v) is 16.6. The molecule has 0 saturated heterocycles. The van der Waals surface area contributed by atoms with E-state index >= 15 is 0 Å². The number of rotatable bonds is 4. The van der Waals surface area contributed by atoms with Crippen molar-refractivity contribution in [1.29, 1.82) is 0 Å². The third kappa shape index (κ3) is 22.7. The number of hydrogen-bond donors (Lipinski definition) is 0. The van der Waals surface area contributed by atoms with Crippen LogP contribution in [0.25, 0.3) is 0 Å². The predicted octanol–water partition coefficient (Wildman–Crippen LogP) is 4.74. The highest BCUT2D eigenvalue weighted by Crippen LogP contribution is 2.48. The molecule has 0 aliphatic carbocycles. The second kappa shape index (κ2) is 13.0. The molecule has 0 aliphatic rings. The number of hydrogen-bond acceptors (Lipinski definition) is 4. The highest BCUT2D eigenvalue weighted by atomic mass is 32.3. The fourth-order valence-corrected chi connectivity index (χ4v) is 7.86. The average Bonchev–Trinajstić information content (AvgIpc) is 2.26. The zero-order valence-corrected chi connectivity index (χ0v) is 19.7. The summed E-state index contributed by atoms with van der Waals surface area (Å²) < 4.78 is 34.1. The maximum Gasteiger partial charge on any atom is 0.0693 e. The van der Waals surface area contributed by atoms with E-state index in [4.69, 9.17) is 17.5 Å². The standard InChI is InChI=1S/2C8H19P.H2O4S/c2*1-6-9(7-2)8(3,4)5;1-5(2,3)4/h2*6-7H2,1-5H3;(H2,1,2,3,4). The van der Waals surface area contributed by atoms with Crippen LogP contribution in [-0.4, -0.2) is 52.5 Å². The van der Waals surface area contributed by atoms with Crippen LogP contribution < -0.4 is 0 Å². The quantitative estimate of drug-likeness (QED) is 0.394. The summed E-state index contributed by atoms with van der Waals surface area (Å²) in [6.45, 7) is 23.5. The average molecular weight is 391 g/mol. The zero-order valence-electron chi connectivity index (χ0n) is 16.9. The van der Waals surface area contributed by atoms with E-state index < -0.39 is 10.4 Å². The van der Waals surface area contributed by atoms with Crippen LogP contribution in [0.4, 0.5) is 0 Å². The molecule has 144 valence electrons. The van der Waals surface area contributed by atoms with Gasteiger partial charge >= 0.3 is 0 Å². The van der Waals surface area contributed by atoms with Crippen molar-refractivity contribution in [2.75, 3.05) is 24.6 Å². The van der Waals surface area contributed by atoms with Crippen molar-refractivity contribution in [3.05, 3.63) is 0 Å². The molecule has 0 rings (SSSR count). The van der Waals surface area contributed by atoms with Crippen LogP contribution in [0.3, 0.4) is 0 Å². The van der Waals surface area contributed by atoms with E-state index in [1.165, 1.54) is 24.6 Å². The molecule has 7 heteroatoms. The van der Waals surface area contributed by atoms with E-state index in [0.717, 1.165) is 0 Å². The Balaban J connectivity index is -0.000000273. The minimum Gasteiger partial charge on any atom is -0.759 e. The van der Waals surface area contributed by atoms with Gasteiger partial charge in [-0.1, -0.05) is 0 Å². The van der Waals surface area contributed by atoms with Crippen molar-refractivity contribution in [2.24, 2.45) is 0 Å². The van der Waals surface area contributed by atoms with E-state index in [1.54, 1.807) is 0 Å². The summed E-state index contributed by atoms with van der Waals surface area (Å²) in [5.74, 6) is 0. The maximum absolute atomic E-state index is 8.52. The highest BCUT2D eigenvalue weighted by molar-refractivity contribution is 7.79. The van der Waals surface area contributed by atoms with Crippen molar-refractivity contribution in [3.63, 3.8) is 0 Å². The largest absolute Gasteiger partial charge is 0.759 e. The molecule has 0 heterocycles. The highest BCUT2D eigenvalue weighted by Gasteiger charge is 2.28. The molecule has 0 saturated carbocycles. The summed E-state index contributed by atoms with van der Waals surface area (Å²) in [4.78, 5) is 0. The molecular weight excluding hydrogens is 350 g/mol. The van der Waals surface area contributed by atoms with Crippen molar-refractivity contribution in [2.45, 2.75) is 79.5 Å². The Hall–Kier alpha value is 0.730. The summed E-state index contributed by atoms with van der Waals surface area (Å²) in [6, 6.07) is 0. The van der Waals surface area contributed by atoms with Crippen LogP contribution in [0.5, 0.6) is 0 Å². The zero-order chi connectivity index (χ0) is 19.5. The summed E-state index contributed by atoms with van der Waals surface area (Å²) in [7, 11) is -5.24. The van der Waals surface area contributed by atoms with Gasteiger partial charge < -0.3 is 9.11 Å². The van der Waals surface area contributed by atoms with Gasteiger partial charge in [0, 0.05) is 26.2 Å². The van der Waals surface area contributed by atoms with Crippen molar-refractivity contribution in [1.82, 2.24) is 0 Å². The first kappa shape index (κ1) is 28.5. The van der Waals surface area contributed by atoms with Crippen LogP contribution in [0.2, 0.25) is 0 Å². The Morgan fingerprint density at radius 2 is 0.783 bits per heavy atom. The van der Waals surface area contributed by atoms with E-state index in [2.05, 4.69) is 69.2 Å². The third-order valence-electron chi connectivity index (χ3n) is 3.83. The lowest BCUT2D eigenvalue weighted by molar-refractivity contribution is 0.352. The van der Waals surface area contributed by atoms with Crippen LogP contribution in [0, 0.1) is 0 Å². The van der Waals surface area contributed by atoms with E-state index in [-0.39, 0.29) is 15.8 Å². The molecule has 0 aliphatic heterocycles. The third-order valence-corrected chi connectivity index (χ3v) is 11.5. The molecule has 0 bridgehead atoms. The first-order valence-electron chi connectivity index (χ1n) is 8.41. The molecule has 4 nitrogen and oxygen atoms in total. The van der Waals surface area contributed by atoms with Crippen LogP contribution >= 0.6 is 15.8 Å². The molecule has 0 radical (unpaired) electrons. The van der Waals surface area contributed by atoms with Crippen LogP contribution in [0.1, 0.15) is 69.2 Å². The topological polar surface area (TPSA) is 80.3 Å². The van der Waals surface area contributed by atoms with Crippen molar-refractivity contribution >= 4 is 26.2 Å². The molecule has 0 amide bonds. The van der Waals surface area contributed by atoms with E-state index in [0.29, 0.717) is 10.3 Å². The minimum absolute atomic E-state index is 0.0388. The molecule has 0 spiro atoms. The predicted molar refractivity (Wildman–Crippen MR) is 109 cm³/mol. The lowest BCUT2D eigenvalue weighted by Gasteiger charge is -2.21. The maximum atomic E-state index is 8.52. The Bertz CT molecular complexity index is 333. The Morgan fingerprint density at radius 3 is 0.783 bits per heavy atom. The van der Waals surface area contributed by atoms with Gasteiger partial charge in [0.2, 0.25) is 0 Å². The molecule has 0 aromatic heterocycles. The molecule has 0 aromatic rings. The molecule has 23 heavy (non-hydrogen) atoms. The fourth-order valence-electron chi connectivity index (χ4n) is 2.62. The van der Waals surface area contributed by atoms with Gasteiger partial charge in [0.1, 0.15) is 0 Å². The van der Waals surface area contributed by atoms with Gasteiger partial charge in [0.25, 0.3) is 0 Å². The first-order valence-corrected chi connectivity index (χ1v) is 13.6. The van der Waals surface area contributed by atoms with Crippen molar-refractivity contribution in [3.8, 4) is 0 Å². The smallest absolute Gasteiger partial charge is 0.0693 e. The Labute approximate surface area is 148 Å². The molecule has 0 aromatic carbocycles. The minimum atomic E-state index is -5.17. The normalized spacial score (nSPS) is 12.4. The monoisotopic (exact) mass is 390 g/mol. The summed E-state index contributed by atoms with van der Waals surface area (Å²) in [6.07, 6.45) is 5.69. The van der Waals surface area contributed by atoms with Crippen LogP contribution in [0.15, 0.2) is 0 Å². The van der Waals surface area contributed by atoms with Gasteiger partial charge in [0.05, 0.1) is 35.0 Å². The lowest BCUT2D eigenvalue weighted by atomic mass is 10.3. The van der Waals surface area contributed by atoms with Gasteiger partial charge in [-0.15, -0.1) is 0 Å². The molecule has 0 N–H and O–H groups in total. The van der Waals surface area contributed by atoms with E-state index in [1.807, 2.05) is 0 Å². The van der Waals surface area contributed by atoms with Gasteiger partial charge in [-0.2, -0.15) is 0 Å². The van der Waals surface area contributed by atoms with Gasteiger partial charge in [-0.3, -0.25) is 8.42 Å². The molecule has 0 atom stereocenters. The Kier molecular flexibility index (Phi) is 16.1. The summed E-state index contributed by atoms with van der Waals surface area (Å²) >= 11 is 0. The van der Waals surface area contributed by atoms with Crippen molar-refractivity contribution < 1.29 is 17.5 Å². The fraction of sp³-hybridized carbons (Fsp3) is 1.00. The lowest BCUT2D eigenvalue weighted by Crippen LogP contribution is -2.13. The van der Waals surface area contributed by atoms with E-state index in [9.17, 15) is 0 Å². The second-order valence-electron chi connectivity index (χ2n) is 7.53. The molecular formula is C16H40O4P2S.